The molecule has 0 atom stereocenters. The van der Waals surface area contributed by atoms with Gasteiger partial charge in [-0.3, -0.25) is 0 Å². The molecule has 0 aliphatic carbocycles. The molecule has 0 heterocycles. The van der Waals surface area contributed by atoms with E-state index in [1.54, 1.807) is 6.07 Å². The Morgan fingerprint density at radius 1 is 1.00 bits per heavy atom. The van der Waals surface area contributed by atoms with E-state index in [0.29, 0.717) is 11.6 Å². The fraction of sp³-hybridized carbons (Fsp3) is 0.133. The van der Waals surface area contributed by atoms with Crippen LogP contribution in [0, 0.1) is 5.21 Å². The van der Waals surface area contributed by atoms with Crippen LogP contribution in [0.25, 0.3) is 0 Å². The summed E-state index contributed by atoms with van der Waals surface area (Å²) in [6, 6.07) is 17.3. The molecule has 0 amide bonds. The van der Waals surface area contributed by atoms with Crippen molar-refractivity contribution in [1.82, 2.24) is 0 Å². The maximum atomic E-state index is 11.7. The summed E-state index contributed by atoms with van der Waals surface area (Å²) in [5.41, 5.74) is 1.91. The van der Waals surface area contributed by atoms with Crippen LogP contribution in [0.4, 0.5) is 0 Å². The molecule has 0 bridgehead atoms. The van der Waals surface area contributed by atoms with E-state index in [0.717, 1.165) is 22.3 Å². The third-order valence-electron chi connectivity index (χ3n) is 2.65. The van der Waals surface area contributed by atoms with Crippen LogP contribution in [0.3, 0.4) is 0 Å². The smallest absolute Gasteiger partial charge is 0.183 e. The highest BCUT2D eigenvalue weighted by atomic mass is 35.5. The van der Waals surface area contributed by atoms with Crippen LogP contribution in [0.1, 0.15) is 11.1 Å². The first-order chi connectivity index (χ1) is 8.75. The molecule has 0 N–H and O–H groups in total. The van der Waals surface area contributed by atoms with E-state index in [2.05, 4.69) is 0 Å². The highest BCUT2D eigenvalue weighted by molar-refractivity contribution is 6.32. The van der Waals surface area contributed by atoms with Gasteiger partial charge in [-0.05, 0) is 17.7 Å². The average molecular weight is 260 g/mol. The molecule has 0 fully saturated rings. The minimum Gasteiger partial charge on any atom is -0.624 e. The molecule has 0 aliphatic rings. The van der Waals surface area contributed by atoms with Crippen LogP contribution in [0.15, 0.2) is 54.6 Å². The van der Waals surface area contributed by atoms with Crippen LogP contribution in [0.5, 0.6) is 0 Å². The third kappa shape index (κ3) is 3.60. The highest BCUT2D eigenvalue weighted by Crippen LogP contribution is 2.12. The van der Waals surface area contributed by atoms with Crippen molar-refractivity contribution in [2.75, 3.05) is 6.54 Å². The zero-order valence-electron chi connectivity index (χ0n) is 9.92. The fourth-order valence-corrected chi connectivity index (χ4v) is 1.87. The van der Waals surface area contributed by atoms with Crippen molar-refractivity contribution in [1.29, 1.82) is 0 Å². The Morgan fingerprint density at radius 2 is 1.67 bits per heavy atom. The van der Waals surface area contributed by atoms with Gasteiger partial charge in [0.2, 0.25) is 0 Å². The lowest BCUT2D eigenvalue weighted by Crippen LogP contribution is -2.10. The predicted molar refractivity (Wildman–Crippen MR) is 75.3 cm³/mol. The summed E-state index contributed by atoms with van der Waals surface area (Å²) in [5.74, 6) is 0. The zero-order chi connectivity index (χ0) is 12.8. The van der Waals surface area contributed by atoms with Crippen molar-refractivity contribution in [2.45, 2.75) is 6.42 Å². The van der Waals surface area contributed by atoms with Gasteiger partial charge in [0.15, 0.2) is 12.8 Å². The predicted octanol–water partition coefficient (Wildman–Crippen LogP) is 3.51. The van der Waals surface area contributed by atoms with Crippen molar-refractivity contribution in [3.05, 3.63) is 76.0 Å². The maximum absolute atomic E-state index is 11.7. The van der Waals surface area contributed by atoms with Gasteiger partial charge < -0.3 is 5.21 Å². The Labute approximate surface area is 112 Å². The van der Waals surface area contributed by atoms with Crippen molar-refractivity contribution in [3.63, 3.8) is 0 Å². The lowest BCUT2D eigenvalue weighted by atomic mass is 10.1. The van der Waals surface area contributed by atoms with Crippen molar-refractivity contribution in [3.8, 4) is 0 Å². The molecular formula is C15H14ClNO. The van der Waals surface area contributed by atoms with E-state index >= 15 is 0 Å². The third-order valence-corrected chi connectivity index (χ3v) is 3.00. The minimum absolute atomic E-state index is 0.426. The molecule has 0 unspecified atom stereocenters. The van der Waals surface area contributed by atoms with Gasteiger partial charge in [0, 0.05) is 6.42 Å². The van der Waals surface area contributed by atoms with Crippen molar-refractivity contribution >= 4 is 17.8 Å². The summed E-state index contributed by atoms with van der Waals surface area (Å²) >= 11 is 5.99. The lowest BCUT2D eigenvalue weighted by molar-refractivity contribution is -0.451. The molecule has 3 heteroatoms. The molecule has 0 radical (unpaired) electrons. The first-order valence-corrected chi connectivity index (χ1v) is 6.20. The SMILES string of the molecule is [O-]/[N+](=C\c1ccccc1Cl)CCc1ccccc1. The van der Waals surface area contributed by atoms with Gasteiger partial charge in [-0.25, -0.2) is 4.74 Å². The molecule has 2 rings (SSSR count). The number of rotatable bonds is 4. The molecule has 92 valence electrons. The number of nitrogens with zero attached hydrogens (tertiary/aromatic N) is 1. The van der Waals surface area contributed by atoms with E-state index in [4.69, 9.17) is 11.6 Å². The molecule has 0 saturated heterocycles. The van der Waals surface area contributed by atoms with E-state index in [9.17, 15) is 5.21 Å². The molecule has 0 aromatic heterocycles. The molecule has 18 heavy (non-hydrogen) atoms. The van der Waals surface area contributed by atoms with Gasteiger partial charge in [0.05, 0.1) is 10.6 Å². The van der Waals surface area contributed by atoms with Crippen LogP contribution in [-0.4, -0.2) is 17.5 Å². The fourth-order valence-electron chi connectivity index (χ4n) is 1.68. The second-order valence-electron chi connectivity index (χ2n) is 4.03. The molecular weight excluding hydrogens is 246 g/mol. The number of hydrogen-bond donors (Lipinski definition) is 0. The first-order valence-electron chi connectivity index (χ1n) is 5.83. The lowest BCUT2D eigenvalue weighted by Gasteiger charge is -2.05. The van der Waals surface area contributed by atoms with Crippen LogP contribution in [0.2, 0.25) is 5.02 Å². The van der Waals surface area contributed by atoms with Gasteiger partial charge in [0.25, 0.3) is 0 Å². The Hall–Kier alpha value is -1.80. The van der Waals surface area contributed by atoms with E-state index in [1.165, 1.54) is 6.21 Å². The first kappa shape index (κ1) is 12.7. The summed E-state index contributed by atoms with van der Waals surface area (Å²) in [5, 5.41) is 12.3. The Kier molecular flexibility index (Phi) is 4.37. The Bertz CT molecular complexity index is 537. The summed E-state index contributed by atoms with van der Waals surface area (Å²) < 4.78 is 0.925. The van der Waals surface area contributed by atoms with E-state index in [1.807, 2.05) is 48.5 Å². The number of hydrogen-bond acceptors (Lipinski definition) is 1. The molecule has 2 aromatic carbocycles. The van der Waals surface area contributed by atoms with Gasteiger partial charge in [-0.15, -0.1) is 0 Å². The molecule has 0 spiro atoms. The van der Waals surface area contributed by atoms with Gasteiger partial charge in [-0.2, -0.15) is 0 Å². The van der Waals surface area contributed by atoms with Crippen LogP contribution < -0.4 is 0 Å². The topological polar surface area (TPSA) is 26.1 Å². The van der Waals surface area contributed by atoms with Gasteiger partial charge in [-0.1, -0.05) is 54.1 Å². The molecule has 0 aliphatic heterocycles. The number of hydroxylamine groups is 1. The van der Waals surface area contributed by atoms with Crippen molar-refractivity contribution in [2.24, 2.45) is 0 Å². The Balaban J connectivity index is 2.00. The zero-order valence-corrected chi connectivity index (χ0v) is 10.7. The normalized spacial score (nSPS) is 11.5. The quantitative estimate of drug-likeness (QED) is 0.357. The molecule has 0 saturated carbocycles. The standard InChI is InChI=1S/C15H14ClNO/c16-15-9-5-4-8-14(15)12-17(18)11-10-13-6-2-1-3-7-13/h1-9,12H,10-11H2/b17-12-. The van der Waals surface area contributed by atoms with E-state index < -0.39 is 0 Å². The summed E-state index contributed by atoms with van der Waals surface area (Å²) in [4.78, 5) is 0. The van der Waals surface area contributed by atoms with Gasteiger partial charge >= 0.3 is 0 Å². The summed E-state index contributed by atoms with van der Waals surface area (Å²) in [6.07, 6.45) is 2.26. The minimum atomic E-state index is 0.426. The molecule has 2 aromatic rings. The number of halogens is 1. The van der Waals surface area contributed by atoms with Gasteiger partial charge in [0.1, 0.15) is 0 Å². The van der Waals surface area contributed by atoms with Crippen LogP contribution >= 0.6 is 11.6 Å². The number of benzene rings is 2. The van der Waals surface area contributed by atoms with Crippen LogP contribution in [-0.2, 0) is 6.42 Å². The summed E-state index contributed by atoms with van der Waals surface area (Å²) in [6.45, 7) is 0.426. The average Bonchev–Trinajstić information content (AvgIpc) is 2.40. The van der Waals surface area contributed by atoms with E-state index in [-0.39, 0.29) is 0 Å². The maximum Gasteiger partial charge on any atom is 0.183 e. The Morgan fingerprint density at radius 3 is 2.39 bits per heavy atom. The second-order valence-corrected chi connectivity index (χ2v) is 4.43. The highest BCUT2D eigenvalue weighted by Gasteiger charge is 2.01. The molecule has 2 nitrogen and oxygen atoms in total. The second kappa shape index (κ2) is 6.22. The largest absolute Gasteiger partial charge is 0.624 e. The summed E-state index contributed by atoms with van der Waals surface area (Å²) in [7, 11) is 0. The monoisotopic (exact) mass is 259 g/mol. The van der Waals surface area contributed by atoms with Crippen molar-refractivity contribution < 1.29 is 4.74 Å².